The standard InChI is InChI=1S/C22H28N4O4/c1-25-13-9-19(24-25)26-12-3-4-18(20(26)27)23-21(28)22(10-14-30-15-11-22)16-5-7-17(29-2)8-6-16/h5-9,13,18H,3-4,10-12,14-15H2,1-2H3,(H,23,28). The van der Waals surface area contributed by atoms with Crippen molar-refractivity contribution in [3.05, 3.63) is 42.1 Å². The van der Waals surface area contributed by atoms with Crippen molar-refractivity contribution in [3.63, 3.8) is 0 Å². The minimum Gasteiger partial charge on any atom is -0.497 e. The summed E-state index contributed by atoms with van der Waals surface area (Å²) in [5.74, 6) is 1.15. The van der Waals surface area contributed by atoms with Crippen molar-refractivity contribution in [2.75, 3.05) is 31.8 Å². The van der Waals surface area contributed by atoms with E-state index >= 15 is 0 Å². The summed E-state index contributed by atoms with van der Waals surface area (Å²) in [5.41, 5.74) is 0.215. The van der Waals surface area contributed by atoms with E-state index in [0.717, 1.165) is 17.7 Å². The first-order valence-electron chi connectivity index (χ1n) is 10.4. The number of aryl methyl sites for hydroxylation is 1. The van der Waals surface area contributed by atoms with Crippen molar-refractivity contribution in [1.82, 2.24) is 15.1 Å². The van der Waals surface area contributed by atoms with Crippen molar-refractivity contribution in [2.24, 2.45) is 7.05 Å². The molecule has 160 valence electrons. The number of anilines is 1. The number of hydrogen-bond acceptors (Lipinski definition) is 5. The van der Waals surface area contributed by atoms with Gasteiger partial charge in [0.15, 0.2) is 5.82 Å². The minimum atomic E-state index is -0.710. The highest BCUT2D eigenvalue weighted by molar-refractivity contribution is 6.00. The SMILES string of the molecule is COc1ccc(C2(C(=O)NC3CCCN(c4ccn(C)n4)C3=O)CCOCC2)cc1. The molecule has 8 nitrogen and oxygen atoms in total. The molecule has 2 fully saturated rings. The molecule has 0 spiro atoms. The molecule has 0 radical (unpaired) electrons. The second-order valence-corrected chi connectivity index (χ2v) is 7.93. The summed E-state index contributed by atoms with van der Waals surface area (Å²) in [6.07, 6.45) is 4.41. The number of nitrogens with zero attached hydrogens (tertiary/aromatic N) is 3. The predicted octanol–water partition coefficient (Wildman–Crippen LogP) is 1.79. The van der Waals surface area contributed by atoms with Gasteiger partial charge in [-0.1, -0.05) is 12.1 Å². The third-order valence-corrected chi connectivity index (χ3v) is 6.14. The number of carbonyl (C=O) groups excluding carboxylic acids is 2. The smallest absolute Gasteiger partial charge is 0.250 e. The minimum absolute atomic E-state index is 0.106. The van der Waals surface area contributed by atoms with Crippen LogP contribution in [0.4, 0.5) is 5.82 Å². The summed E-state index contributed by atoms with van der Waals surface area (Å²) in [6.45, 7) is 1.63. The van der Waals surface area contributed by atoms with Crippen LogP contribution in [0.2, 0.25) is 0 Å². The number of rotatable bonds is 5. The summed E-state index contributed by atoms with van der Waals surface area (Å²) in [6, 6.07) is 8.88. The van der Waals surface area contributed by atoms with E-state index in [2.05, 4.69) is 10.4 Å². The van der Waals surface area contributed by atoms with Crippen LogP contribution in [0.1, 0.15) is 31.2 Å². The van der Waals surface area contributed by atoms with Crippen molar-refractivity contribution in [1.29, 1.82) is 0 Å². The van der Waals surface area contributed by atoms with E-state index in [1.54, 1.807) is 16.7 Å². The molecule has 0 saturated carbocycles. The van der Waals surface area contributed by atoms with Gasteiger partial charge in [0, 0.05) is 39.1 Å². The Morgan fingerprint density at radius 1 is 1.23 bits per heavy atom. The summed E-state index contributed by atoms with van der Waals surface area (Å²) in [7, 11) is 3.44. The van der Waals surface area contributed by atoms with Crippen LogP contribution in [-0.2, 0) is 26.8 Å². The molecular weight excluding hydrogens is 384 g/mol. The Morgan fingerprint density at radius 2 is 1.97 bits per heavy atom. The fourth-order valence-electron chi connectivity index (χ4n) is 4.36. The molecule has 2 aromatic rings. The van der Waals surface area contributed by atoms with Gasteiger partial charge in [0.2, 0.25) is 5.91 Å². The van der Waals surface area contributed by atoms with Gasteiger partial charge in [-0.2, -0.15) is 5.10 Å². The normalized spacial score (nSPS) is 21.3. The lowest BCUT2D eigenvalue weighted by Gasteiger charge is -2.39. The molecule has 1 aromatic carbocycles. The average molecular weight is 412 g/mol. The summed E-state index contributed by atoms with van der Waals surface area (Å²) >= 11 is 0. The van der Waals surface area contributed by atoms with Gasteiger partial charge < -0.3 is 14.8 Å². The molecular formula is C22H28N4O4. The van der Waals surface area contributed by atoms with Crippen LogP contribution in [-0.4, -0.2) is 54.5 Å². The van der Waals surface area contributed by atoms with Gasteiger partial charge in [0.1, 0.15) is 11.8 Å². The number of hydrogen-bond donors (Lipinski definition) is 1. The van der Waals surface area contributed by atoms with Crippen LogP contribution in [0, 0.1) is 0 Å². The summed E-state index contributed by atoms with van der Waals surface area (Å²) in [5, 5.41) is 7.41. The van der Waals surface area contributed by atoms with Gasteiger partial charge in [-0.15, -0.1) is 0 Å². The third kappa shape index (κ3) is 3.79. The first kappa shape index (κ1) is 20.4. The van der Waals surface area contributed by atoms with Gasteiger partial charge in [0.05, 0.1) is 12.5 Å². The fourth-order valence-corrected chi connectivity index (χ4v) is 4.36. The highest BCUT2D eigenvalue weighted by Gasteiger charge is 2.44. The number of amides is 2. The molecule has 1 aromatic heterocycles. The predicted molar refractivity (Wildman–Crippen MR) is 111 cm³/mol. The Morgan fingerprint density at radius 3 is 2.60 bits per heavy atom. The van der Waals surface area contributed by atoms with Crippen LogP contribution in [0.5, 0.6) is 5.75 Å². The Kier molecular flexibility index (Phi) is 5.76. The van der Waals surface area contributed by atoms with Gasteiger partial charge >= 0.3 is 0 Å². The first-order chi connectivity index (χ1) is 14.5. The maximum Gasteiger partial charge on any atom is 0.250 e. The lowest BCUT2D eigenvalue weighted by atomic mass is 9.73. The van der Waals surface area contributed by atoms with Gasteiger partial charge in [-0.05, 0) is 43.4 Å². The molecule has 2 aliphatic heterocycles. The van der Waals surface area contributed by atoms with Crippen LogP contribution < -0.4 is 15.0 Å². The summed E-state index contributed by atoms with van der Waals surface area (Å²) < 4.78 is 12.5. The molecule has 1 unspecified atom stereocenters. The van der Waals surface area contributed by atoms with Gasteiger partial charge in [-0.25, -0.2) is 0 Å². The molecule has 2 aliphatic rings. The monoisotopic (exact) mass is 412 g/mol. The maximum atomic E-state index is 13.5. The molecule has 1 atom stereocenters. The van der Waals surface area contributed by atoms with E-state index in [0.29, 0.717) is 44.8 Å². The number of carbonyl (C=O) groups is 2. The number of nitrogens with one attached hydrogen (secondary N) is 1. The Balaban J connectivity index is 1.55. The van der Waals surface area contributed by atoms with Crippen LogP contribution >= 0.6 is 0 Å². The fraction of sp³-hybridized carbons (Fsp3) is 0.500. The Hall–Kier alpha value is -2.87. The molecule has 2 amide bonds. The number of aromatic nitrogens is 2. The maximum absolute atomic E-state index is 13.5. The molecule has 0 bridgehead atoms. The number of piperidine rings is 1. The third-order valence-electron chi connectivity index (χ3n) is 6.14. The lowest BCUT2D eigenvalue weighted by molar-refractivity contribution is -0.134. The number of benzene rings is 1. The lowest BCUT2D eigenvalue weighted by Crippen LogP contribution is -2.57. The van der Waals surface area contributed by atoms with E-state index in [-0.39, 0.29) is 11.8 Å². The Labute approximate surface area is 176 Å². The zero-order valence-corrected chi connectivity index (χ0v) is 17.5. The van der Waals surface area contributed by atoms with Crippen molar-refractivity contribution >= 4 is 17.6 Å². The molecule has 30 heavy (non-hydrogen) atoms. The molecule has 4 rings (SSSR count). The van der Waals surface area contributed by atoms with Crippen molar-refractivity contribution in [3.8, 4) is 5.75 Å². The second-order valence-electron chi connectivity index (χ2n) is 7.93. The second kappa shape index (κ2) is 8.47. The van der Waals surface area contributed by atoms with Gasteiger partial charge in [0.25, 0.3) is 5.91 Å². The average Bonchev–Trinajstić information content (AvgIpc) is 3.21. The van der Waals surface area contributed by atoms with E-state index < -0.39 is 11.5 Å². The van der Waals surface area contributed by atoms with Crippen LogP contribution in [0.25, 0.3) is 0 Å². The highest BCUT2D eigenvalue weighted by atomic mass is 16.5. The van der Waals surface area contributed by atoms with Crippen LogP contribution in [0.15, 0.2) is 36.5 Å². The summed E-state index contributed by atoms with van der Waals surface area (Å²) in [4.78, 5) is 28.3. The molecule has 1 N–H and O–H groups in total. The Bertz CT molecular complexity index is 902. The van der Waals surface area contributed by atoms with Gasteiger partial charge in [-0.3, -0.25) is 19.2 Å². The zero-order valence-electron chi connectivity index (χ0n) is 17.5. The van der Waals surface area contributed by atoms with Crippen molar-refractivity contribution < 1.29 is 19.1 Å². The largest absolute Gasteiger partial charge is 0.497 e. The van der Waals surface area contributed by atoms with E-state index in [1.165, 1.54) is 0 Å². The zero-order chi connectivity index (χ0) is 21.1. The topological polar surface area (TPSA) is 85.7 Å². The highest BCUT2D eigenvalue weighted by Crippen LogP contribution is 2.36. The molecule has 3 heterocycles. The van der Waals surface area contributed by atoms with E-state index in [1.807, 2.05) is 43.6 Å². The number of ether oxygens (including phenoxy) is 2. The number of methoxy groups -OCH3 is 1. The molecule has 0 aliphatic carbocycles. The quantitative estimate of drug-likeness (QED) is 0.809. The first-order valence-corrected chi connectivity index (χ1v) is 10.4. The van der Waals surface area contributed by atoms with Crippen molar-refractivity contribution in [2.45, 2.75) is 37.1 Å². The van der Waals surface area contributed by atoms with Crippen LogP contribution in [0.3, 0.4) is 0 Å². The molecule has 2 saturated heterocycles. The molecule has 8 heteroatoms. The van der Waals surface area contributed by atoms with E-state index in [9.17, 15) is 9.59 Å². The van der Waals surface area contributed by atoms with E-state index in [4.69, 9.17) is 9.47 Å².